The third kappa shape index (κ3) is 1.48. The highest BCUT2D eigenvalue weighted by Gasteiger charge is 2.14. The van der Waals surface area contributed by atoms with E-state index in [2.05, 4.69) is 0 Å². The van der Waals surface area contributed by atoms with Gasteiger partial charge in [-0.15, -0.1) is 0 Å². The number of carboxylic acid groups (broad SMARTS) is 1. The van der Waals surface area contributed by atoms with Gasteiger partial charge in [-0.3, -0.25) is 0 Å². The van der Waals surface area contributed by atoms with Gasteiger partial charge in [0.25, 0.3) is 0 Å². The van der Waals surface area contributed by atoms with Gasteiger partial charge < -0.3 is 9.84 Å². The largest absolute Gasteiger partial charge is 0.496 e. The lowest BCUT2D eigenvalue weighted by molar-refractivity contribution is 0.0692. The van der Waals surface area contributed by atoms with E-state index in [0.717, 1.165) is 0 Å². The maximum Gasteiger partial charge on any atom is 0.338 e. The minimum absolute atomic E-state index is 0.249. The second kappa shape index (κ2) is 3.81. The average Bonchev–Trinajstić information content (AvgIpc) is 2.28. The van der Waals surface area contributed by atoms with E-state index in [0.29, 0.717) is 11.1 Å². The highest BCUT2D eigenvalue weighted by atomic mass is 19.1. The number of hydrogen-bond donors (Lipinski definition) is 1. The molecule has 2 aromatic carbocycles. The van der Waals surface area contributed by atoms with Gasteiger partial charge in [-0.2, -0.15) is 0 Å². The number of fused-ring (bicyclic) bond motifs is 1. The first kappa shape index (κ1) is 10.4. The molecule has 4 heteroatoms. The molecule has 0 saturated heterocycles. The Morgan fingerprint density at radius 1 is 1.25 bits per heavy atom. The van der Waals surface area contributed by atoms with Gasteiger partial charge in [-0.25, -0.2) is 9.18 Å². The third-order valence-electron chi connectivity index (χ3n) is 2.41. The summed E-state index contributed by atoms with van der Waals surface area (Å²) in [5.41, 5.74) is -0.333. The van der Waals surface area contributed by atoms with Crippen molar-refractivity contribution in [1.29, 1.82) is 0 Å². The average molecular weight is 220 g/mol. The first-order valence-corrected chi connectivity index (χ1v) is 4.63. The van der Waals surface area contributed by atoms with Crippen molar-refractivity contribution in [3.05, 3.63) is 41.7 Å². The Morgan fingerprint density at radius 3 is 2.62 bits per heavy atom. The number of aromatic carboxylic acids is 1. The van der Waals surface area contributed by atoms with E-state index in [-0.39, 0.29) is 10.9 Å². The third-order valence-corrected chi connectivity index (χ3v) is 2.41. The number of hydrogen-bond acceptors (Lipinski definition) is 2. The fourth-order valence-corrected chi connectivity index (χ4v) is 1.64. The Hall–Kier alpha value is -2.10. The van der Waals surface area contributed by atoms with Crippen molar-refractivity contribution in [2.45, 2.75) is 0 Å². The Morgan fingerprint density at radius 2 is 2.00 bits per heavy atom. The summed E-state index contributed by atoms with van der Waals surface area (Å²) < 4.78 is 18.9. The van der Waals surface area contributed by atoms with Crippen molar-refractivity contribution in [2.75, 3.05) is 7.11 Å². The Kier molecular flexibility index (Phi) is 2.48. The van der Waals surface area contributed by atoms with E-state index in [1.165, 1.54) is 19.2 Å². The van der Waals surface area contributed by atoms with Gasteiger partial charge in [0.05, 0.1) is 12.7 Å². The van der Waals surface area contributed by atoms with E-state index in [9.17, 15) is 9.18 Å². The van der Waals surface area contributed by atoms with Gasteiger partial charge in [0.1, 0.15) is 11.6 Å². The summed E-state index contributed by atoms with van der Waals surface area (Å²) in [5, 5.41) is 9.59. The Bertz CT molecular complexity index is 563. The zero-order chi connectivity index (χ0) is 11.7. The summed E-state index contributed by atoms with van der Waals surface area (Å²) in [6.07, 6.45) is 0. The molecule has 82 valence electrons. The number of carboxylic acids is 1. The summed E-state index contributed by atoms with van der Waals surface area (Å²) in [6.45, 7) is 0. The van der Waals surface area contributed by atoms with Crippen molar-refractivity contribution >= 4 is 16.7 Å². The molecule has 0 unspecified atom stereocenters. The molecule has 16 heavy (non-hydrogen) atoms. The molecule has 0 heterocycles. The highest BCUT2D eigenvalue weighted by molar-refractivity contribution is 5.97. The molecule has 0 fully saturated rings. The number of rotatable bonds is 2. The van der Waals surface area contributed by atoms with Crippen molar-refractivity contribution in [3.8, 4) is 5.75 Å². The zero-order valence-electron chi connectivity index (χ0n) is 8.53. The molecule has 0 bridgehead atoms. The SMILES string of the molecule is COc1cccc2c(F)c(C(=O)O)ccc12. The van der Waals surface area contributed by atoms with Crippen molar-refractivity contribution in [1.82, 2.24) is 0 Å². The molecule has 2 rings (SSSR count). The number of carbonyl (C=O) groups is 1. The molecule has 0 atom stereocenters. The number of halogens is 1. The molecule has 0 amide bonds. The van der Waals surface area contributed by atoms with Gasteiger partial charge in [-0.1, -0.05) is 12.1 Å². The van der Waals surface area contributed by atoms with Crippen LogP contribution in [-0.2, 0) is 0 Å². The first-order valence-electron chi connectivity index (χ1n) is 4.63. The molecule has 0 aliphatic carbocycles. The molecule has 0 saturated carbocycles. The van der Waals surface area contributed by atoms with Gasteiger partial charge in [-0.05, 0) is 18.2 Å². The van der Waals surface area contributed by atoms with Crippen molar-refractivity contribution in [3.63, 3.8) is 0 Å². The molecule has 1 N–H and O–H groups in total. The molecule has 0 aromatic heterocycles. The molecule has 0 aliphatic heterocycles. The van der Waals surface area contributed by atoms with E-state index >= 15 is 0 Å². The molecular formula is C12H9FO3. The molecule has 2 aromatic rings. The van der Waals surface area contributed by atoms with Gasteiger partial charge >= 0.3 is 5.97 Å². The Balaban J connectivity index is 2.81. The van der Waals surface area contributed by atoms with Crippen LogP contribution in [0, 0.1) is 5.82 Å². The van der Waals surface area contributed by atoms with Gasteiger partial charge in [0.15, 0.2) is 0 Å². The Labute approximate surface area is 91.1 Å². The molecular weight excluding hydrogens is 211 g/mol. The smallest absolute Gasteiger partial charge is 0.338 e. The summed E-state index contributed by atoms with van der Waals surface area (Å²) in [7, 11) is 1.48. The standard InChI is InChI=1S/C12H9FO3/c1-16-10-4-2-3-8-7(10)5-6-9(11(8)13)12(14)15/h2-6H,1H3,(H,14,15). The zero-order valence-corrected chi connectivity index (χ0v) is 8.53. The minimum atomic E-state index is -1.28. The summed E-state index contributed by atoms with van der Waals surface area (Å²) >= 11 is 0. The first-order chi connectivity index (χ1) is 7.65. The van der Waals surface area contributed by atoms with Crippen LogP contribution in [0.1, 0.15) is 10.4 Å². The van der Waals surface area contributed by atoms with E-state index in [1.54, 1.807) is 18.2 Å². The van der Waals surface area contributed by atoms with Crippen LogP contribution in [0.4, 0.5) is 4.39 Å². The molecule has 0 radical (unpaired) electrons. The molecule has 0 aliphatic rings. The summed E-state index contributed by atoms with van der Waals surface area (Å²) in [5.74, 6) is -1.49. The fraction of sp³-hybridized carbons (Fsp3) is 0.0833. The summed E-state index contributed by atoms with van der Waals surface area (Å²) in [4.78, 5) is 10.7. The van der Waals surface area contributed by atoms with Gasteiger partial charge in [0, 0.05) is 10.8 Å². The fourth-order valence-electron chi connectivity index (χ4n) is 1.64. The number of ether oxygens (including phenoxy) is 1. The predicted octanol–water partition coefficient (Wildman–Crippen LogP) is 2.69. The monoisotopic (exact) mass is 220 g/mol. The van der Waals surface area contributed by atoms with Crippen LogP contribution in [0.25, 0.3) is 10.8 Å². The second-order valence-electron chi connectivity index (χ2n) is 3.29. The predicted molar refractivity (Wildman–Crippen MR) is 57.4 cm³/mol. The van der Waals surface area contributed by atoms with E-state index < -0.39 is 11.8 Å². The van der Waals surface area contributed by atoms with Crippen LogP contribution in [0.5, 0.6) is 5.75 Å². The van der Waals surface area contributed by atoms with E-state index in [4.69, 9.17) is 9.84 Å². The van der Waals surface area contributed by atoms with E-state index in [1.807, 2.05) is 0 Å². The van der Waals surface area contributed by atoms with Crippen LogP contribution in [0.3, 0.4) is 0 Å². The topological polar surface area (TPSA) is 46.5 Å². The van der Waals surface area contributed by atoms with Crippen LogP contribution < -0.4 is 4.74 Å². The number of benzene rings is 2. The number of methoxy groups -OCH3 is 1. The van der Waals surface area contributed by atoms with Crippen molar-refractivity contribution in [2.24, 2.45) is 0 Å². The lowest BCUT2D eigenvalue weighted by Crippen LogP contribution is -2.01. The van der Waals surface area contributed by atoms with Crippen LogP contribution in [0.15, 0.2) is 30.3 Å². The molecule has 0 spiro atoms. The minimum Gasteiger partial charge on any atom is -0.496 e. The summed E-state index contributed by atoms with van der Waals surface area (Å²) in [6, 6.07) is 7.63. The van der Waals surface area contributed by atoms with Crippen LogP contribution in [-0.4, -0.2) is 18.2 Å². The maximum atomic E-state index is 13.8. The van der Waals surface area contributed by atoms with Crippen molar-refractivity contribution < 1.29 is 19.0 Å². The van der Waals surface area contributed by atoms with Crippen LogP contribution >= 0.6 is 0 Å². The second-order valence-corrected chi connectivity index (χ2v) is 3.29. The van der Waals surface area contributed by atoms with Gasteiger partial charge in [0.2, 0.25) is 0 Å². The lowest BCUT2D eigenvalue weighted by atomic mass is 10.1. The highest BCUT2D eigenvalue weighted by Crippen LogP contribution is 2.28. The normalized spacial score (nSPS) is 10.4. The van der Waals surface area contributed by atoms with Crippen LogP contribution in [0.2, 0.25) is 0 Å². The lowest BCUT2D eigenvalue weighted by Gasteiger charge is -2.07. The quantitative estimate of drug-likeness (QED) is 0.846. The molecule has 3 nitrogen and oxygen atoms in total. The maximum absolute atomic E-state index is 13.8.